The second kappa shape index (κ2) is 5.05. The molecule has 0 aliphatic carbocycles. The maximum absolute atomic E-state index is 12.9. The molecule has 7 heteroatoms. The average molecular weight is 268 g/mol. The van der Waals surface area contributed by atoms with Gasteiger partial charge in [0.15, 0.2) is 0 Å². The van der Waals surface area contributed by atoms with Crippen molar-refractivity contribution in [2.24, 2.45) is 0 Å². The largest absolute Gasteiger partial charge is 0.481 e. The molecule has 0 radical (unpaired) electrons. The minimum absolute atomic E-state index is 0.209. The SMILES string of the molecule is CN1CCN(C(CC(=O)O)C(F)(F)F)CC1(C)C. The number of carboxylic acid groups (broad SMARTS) is 1. The minimum atomic E-state index is -4.51. The van der Waals surface area contributed by atoms with Crippen LogP contribution in [-0.2, 0) is 4.79 Å². The third-order valence-corrected chi connectivity index (χ3v) is 3.53. The van der Waals surface area contributed by atoms with E-state index in [1.807, 2.05) is 25.8 Å². The summed E-state index contributed by atoms with van der Waals surface area (Å²) in [5, 5.41) is 8.62. The second-order valence-electron chi connectivity index (χ2n) is 5.36. The second-order valence-corrected chi connectivity index (χ2v) is 5.36. The molecule has 1 atom stereocenters. The smallest absolute Gasteiger partial charge is 0.404 e. The molecule has 0 saturated carbocycles. The Balaban J connectivity index is 2.84. The molecule has 106 valence electrons. The molecule has 4 nitrogen and oxygen atoms in total. The number of likely N-dealkylation sites (N-methyl/N-ethyl adjacent to an activating group) is 1. The summed E-state index contributed by atoms with van der Waals surface area (Å²) in [5.74, 6) is -1.42. The van der Waals surface area contributed by atoms with Gasteiger partial charge in [-0.25, -0.2) is 0 Å². The normalized spacial score (nSPS) is 23.9. The first-order valence-corrected chi connectivity index (χ1v) is 5.78. The first-order valence-electron chi connectivity index (χ1n) is 5.78. The van der Waals surface area contributed by atoms with E-state index in [2.05, 4.69) is 0 Å². The topological polar surface area (TPSA) is 43.8 Å². The van der Waals surface area contributed by atoms with Crippen molar-refractivity contribution < 1.29 is 23.1 Å². The fourth-order valence-corrected chi connectivity index (χ4v) is 2.16. The van der Waals surface area contributed by atoms with Crippen LogP contribution in [0.1, 0.15) is 20.3 Å². The monoisotopic (exact) mass is 268 g/mol. The van der Waals surface area contributed by atoms with Gasteiger partial charge in [0.25, 0.3) is 0 Å². The van der Waals surface area contributed by atoms with Gasteiger partial charge in [-0.3, -0.25) is 14.6 Å². The number of hydrogen-bond acceptors (Lipinski definition) is 3. The van der Waals surface area contributed by atoms with Gasteiger partial charge in [0, 0.05) is 25.2 Å². The first kappa shape index (κ1) is 15.2. The van der Waals surface area contributed by atoms with E-state index in [0.717, 1.165) is 0 Å². The molecule has 18 heavy (non-hydrogen) atoms. The number of nitrogens with zero attached hydrogens (tertiary/aromatic N) is 2. The molecule has 0 bridgehead atoms. The number of halogens is 3. The molecule has 0 amide bonds. The van der Waals surface area contributed by atoms with Crippen LogP contribution in [0.2, 0.25) is 0 Å². The molecule has 0 aromatic carbocycles. The molecule has 1 unspecified atom stereocenters. The number of aliphatic carboxylic acids is 1. The van der Waals surface area contributed by atoms with Gasteiger partial charge < -0.3 is 5.11 Å². The summed E-state index contributed by atoms with van der Waals surface area (Å²) in [6, 6.07) is -1.90. The van der Waals surface area contributed by atoms with Crippen molar-refractivity contribution in [1.29, 1.82) is 0 Å². The van der Waals surface area contributed by atoms with E-state index in [-0.39, 0.29) is 18.6 Å². The molecule has 0 aromatic heterocycles. The summed E-state index contributed by atoms with van der Waals surface area (Å²) in [6.07, 6.45) is -5.41. The van der Waals surface area contributed by atoms with Gasteiger partial charge in [0.1, 0.15) is 6.04 Å². The highest BCUT2D eigenvalue weighted by Gasteiger charge is 2.47. The van der Waals surface area contributed by atoms with Gasteiger partial charge in [-0.15, -0.1) is 0 Å². The highest BCUT2D eigenvalue weighted by molar-refractivity contribution is 5.67. The van der Waals surface area contributed by atoms with E-state index in [9.17, 15) is 18.0 Å². The van der Waals surface area contributed by atoms with Gasteiger partial charge >= 0.3 is 12.1 Å². The van der Waals surface area contributed by atoms with E-state index < -0.39 is 24.6 Å². The Morgan fingerprint density at radius 2 is 1.94 bits per heavy atom. The number of hydrogen-bond donors (Lipinski definition) is 1. The number of piperazine rings is 1. The van der Waals surface area contributed by atoms with Crippen LogP contribution in [0, 0.1) is 0 Å². The molecule has 0 spiro atoms. The van der Waals surface area contributed by atoms with E-state index in [1.165, 1.54) is 4.90 Å². The number of carbonyl (C=O) groups is 1. The number of alkyl halides is 3. The molecular weight excluding hydrogens is 249 g/mol. The van der Waals surface area contributed by atoms with Gasteiger partial charge in [0.05, 0.1) is 6.42 Å². The van der Waals surface area contributed by atoms with Crippen LogP contribution in [0.15, 0.2) is 0 Å². The summed E-state index contributed by atoms with van der Waals surface area (Å²) in [4.78, 5) is 13.8. The van der Waals surface area contributed by atoms with Crippen LogP contribution in [0.5, 0.6) is 0 Å². The highest BCUT2D eigenvalue weighted by atomic mass is 19.4. The van der Waals surface area contributed by atoms with E-state index in [4.69, 9.17) is 5.11 Å². The maximum atomic E-state index is 12.9. The zero-order chi connectivity index (χ0) is 14.1. The lowest BCUT2D eigenvalue weighted by atomic mass is 9.97. The number of carboxylic acids is 1. The molecule has 1 aliphatic rings. The third-order valence-electron chi connectivity index (χ3n) is 3.53. The predicted molar refractivity (Wildman–Crippen MR) is 60.4 cm³/mol. The van der Waals surface area contributed by atoms with Crippen molar-refractivity contribution in [3.63, 3.8) is 0 Å². The maximum Gasteiger partial charge on any atom is 0.404 e. The Bertz CT molecular complexity index is 318. The van der Waals surface area contributed by atoms with Gasteiger partial charge in [-0.05, 0) is 20.9 Å². The van der Waals surface area contributed by atoms with E-state index in [0.29, 0.717) is 6.54 Å². The van der Waals surface area contributed by atoms with Crippen molar-refractivity contribution in [3.8, 4) is 0 Å². The summed E-state index contributed by atoms with van der Waals surface area (Å²) < 4.78 is 38.7. The van der Waals surface area contributed by atoms with Gasteiger partial charge in [0.2, 0.25) is 0 Å². The number of rotatable bonds is 3. The van der Waals surface area contributed by atoms with Gasteiger partial charge in [-0.2, -0.15) is 13.2 Å². The average Bonchev–Trinajstić information content (AvgIpc) is 2.17. The zero-order valence-electron chi connectivity index (χ0n) is 10.8. The Morgan fingerprint density at radius 3 is 2.33 bits per heavy atom. The summed E-state index contributed by atoms with van der Waals surface area (Å²) in [6.45, 7) is 4.65. The van der Waals surface area contributed by atoms with E-state index >= 15 is 0 Å². The summed E-state index contributed by atoms with van der Waals surface area (Å²) >= 11 is 0. The lowest BCUT2D eigenvalue weighted by Gasteiger charge is -2.47. The Hall–Kier alpha value is -0.820. The van der Waals surface area contributed by atoms with Crippen molar-refractivity contribution in [1.82, 2.24) is 9.80 Å². The van der Waals surface area contributed by atoms with Crippen LogP contribution in [0.25, 0.3) is 0 Å². The lowest BCUT2D eigenvalue weighted by molar-refractivity contribution is -0.198. The fraction of sp³-hybridized carbons (Fsp3) is 0.909. The summed E-state index contributed by atoms with van der Waals surface area (Å²) in [7, 11) is 1.86. The zero-order valence-corrected chi connectivity index (χ0v) is 10.8. The molecular formula is C11H19F3N2O2. The Morgan fingerprint density at radius 1 is 1.39 bits per heavy atom. The first-order chi connectivity index (χ1) is 8.04. The van der Waals surface area contributed by atoms with Crippen LogP contribution in [0.3, 0.4) is 0 Å². The quantitative estimate of drug-likeness (QED) is 0.840. The predicted octanol–water partition coefficient (Wildman–Crippen LogP) is 1.42. The molecule has 1 fully saturated rings. The minimum Gasteiger partial charge on any atom is -0.481 e. The molecule has 1 heterocycles. The van der Waals surface area contributed by atoms with Crippen molar-refractivity contribution in [2.45, 2.75) is 38.0 Å². The third kappa shape index (κ3) is 3.58. The Kier molecular flexibility index (Phi) is 4.27. The lowest BCUT2D eigenvalue weighted by Crippen LogP contribution is -2.62. The molecule has 1 rings (SSSR count). The van der Waals surface area contributed by atoms with Crippen molar-refractivity contribution >= 4 is 5.97 Å². The van der Waals surface area contributed by atoms with Crippen LogP contribution in [0.4, 0.5) is 13.2 Å². The van der Waals surface area contributed by atoms with Crippen LogP contribution >= 0.6 is 0 Å². The Labute approximate surface area is 104 Å². The standard InChI is InChI=1S/C11H19F3N2O2/c1-10(2)7-16(5-4-15(10)3)8(6-9(17)18)11(12,13)14/h8H,4-7H2,1-3H3,(H,17,18). The van der Waals surface area contributed by atoms with E-state index in [1.54, 1.807) is 0 Å². The van der Waals surface area contributed by atoms with Crippen molar-refractivity contribution in [2.75, 3.05) is 26.7 Å². The van der Waals surface area contributed by atoms with Crippen LogP contribution < -0.4 is 0 Å². The molecule has 0 aromatic rings. The highest BCUT2D eigenvalue weighted by Crippen LogP contribution is 2.31. The molecule has 1 N–H and O–H groups in total. The summed E-state index contributed by atoms with van der Waals surface area (Å²) in [5.41, 5.74) is -0.389. The molecule has 1 aliphatic heterocycles. The van der Waals surface area contributed by atoms with Crippen molar-refractivity contribution in [3.05, 3.63) is 0 Å². The van der Waals surface area contributed by atoms with Gasteiger partial charge in [-0.1, -0.05) is 0 Å². The molecule has 1 saturated heterocycles. The fourth-order valence-electron chi connectivity index (χ4n) is 2.16. The van der Waals surface area contributed by atoms with Crippen LogP contribution in [-0.4, -0.2) is 65.3 Å².